The van der Waals surface area contributed by atoms with Gasteiger partial charge in [-0.1, -0.05) is 51.1 Å². The van der Waals surface area contributed by atoms with Crippen molar-refractivity contribution in [2.75, 3.05) is 13.7 Å². The van der Waals surface area contributed by atoms with Crippen LogP contribution in [0.4, 0.5) is 0 Å². The molecule has 0 radical (unpaired) electrons. The van der Waals surface area contributed by atoms with Crippen molar-refractivity contribution in [1.29, 1.82) is 0 Å². The number of carbonyl (C=O) groups is 1. The fourth-order valence-corrected chi connectivity index (χ4v) is 3.09. The van der Waals surface area contributed by atoms with Crippen LogP contribution in [0.5, 0.6) is 5.75 Å². The minimum Gasteiger partial charge on any atom is -0.497 e. The van der Waals surface area contributed by atoms with E-state index >= 15 is 0 Å². The zero-order valence-corrected chi connectivity index (χ0v) is 15.8. The monoisotopic (exact) mass is 350 g/mol. The molecule has 1 aromatic heterocycles. The third kappa shape index (κ3) is 3.74. The van der Waals surface area contributed by atoms with Crippen LogP contribution in [-0.2, 0) is 4.79 Å². The number of para-hydroxylation sites is 1. The first-order valence-corrected chi connectivity index (χ1v) is 8.88. The van der Waals surface area contributed by atoms with Gasteiger partial charge in [0.05, 0.1) is 7.11 Å². The second-order valence-corrected chi connectivity index (χ2v) is 7.58. The molecule has 0 saturated heterocycles. The Morgan fingerprint density at radius 2 is 1.81 bits per heavy atom. The van der Waals surface area contributed by atoms with Crippen molar-refractivity contribution in [1.82, 2.24) is 10.3 Å². The van der Waals surface area contributed by atoms with Crippen LogP contribution in [0.25, 0.3) is 10.9 Å². The molecule has 1 atom stereocenters. The minimum absolute atomic E-state index is 0.0517. The van der Waals surface area contributed by atoms with Gasteiger partial charge in [-0.05, 0) is 29.3 Å². The molecule has 2 N–H and O–H groups in total. The van der Waals surface area contributed by atoms with Gasteiger partial charge in [0.1, 0.15) is 5.75 Å². The van der Waals surface area contributed by atoms with Crippen LogP contribution in [0.15, 0.2) is 54.7 Å². The lowest BCUT2D eigenvalue weighted by Crippen LogP contribution is -2.37. The smallest absolute Gasteiger partial charge is 0.225 e. The molecule has 0 aliphatic heterocycles. The number of amides is 1. The van der Waals surface area contributed by atoms with Gasteiger partial charge >= 0.3 is 0 Å². The number of H-pyrrole nitrogens is 1. The van der Waals surface area contributed by atoms with Gasteiger partial charge in [-0.3, -0.25) is 4.79 Å². The molecule has 0 saturated carbocycles. The first kappa shape index (κ1) is 18.1. The third-order valence-corrected chi connectivity index (χ3v) is 4.66. The number of hydrogen-bond acceptors (Lipinski definition) is 2. The number of methoxy groups -OCH3 is 1. The zero-order valence-electron chi connectivity index (χ0n) is 15.8. The van der Waals surface area contributed by atoms with Crippen LogP contribution in [-0.4, -0.2) is 24.5 Å². The lowest BCUT2D eigenvalue weighted by molar-refractivity contribution is -0.128. The fourth-order valence-electron chi connectivity index (χ4n) is 3.09. The van der Waals surface area contributed by atoms with E-state index < -0.39 is 5.41 Å². The van der Waals surface area contributed by atoms with Gasteiger partial charge in [0.15, 0.2) is 0 Å². The SMILES string of the molecule is COc1ccc([C@H](CNC(=O)C(C)(C)C)c2c[nH]c3ccccc23)cc1. The molecule has 26 heavy (non-hydrogen) atoms. The molecule has 0 fully saturated rings. The maximum atomic E-state index is 12.4. The van der Waals surface area contributed by atoms with Crippen molar-refractivity contribution in [2.45, 2.75) is 26.7 Å². The number of aromatic nitrogens is 1. The summed E-state index contributed by atoms with van der Waals surface area (Å²) in [6.45, 7) is 6.33. The topological polar surface area (TPSA) is 54.1 Å². The Balaban J connectivity index is 1.96. The molecule has 0 spiro atoms. The molecule has 0 bridgehead atoms. The van der Waals surface area contributed by atoms with Crippen molar-refractivity contribution >= 4 is 16.8 Å². The number of benzene rings is 2. The Kier molecular flexibility index (Phi) is 5.03. The Labute approximate surface area is 154 Å². The van der Waals surface area contributed by atoms with Crippen LogP contribution < -0.4 is 10.1 Å². The molecule has 0 unspecified atom stereocenters. The van der Waals surface area contributed by atoms with Gasteiger partial charge in [0.25, 0.3) is 0 Å². The molecule has 136 valence electrons. The Bertz CT molecular complexity index is 888. The molecule has 1 heterocycles. The van der Waals surface area contributed by atoms with Gasteiger partial charge in [-0.25, -0.2) is 0 Å². The van der Waals surface area contributed by atoms with Crippen molar-refractivity contribution in [3.8, 4) is 5.75 Å². The minimum atomic E-state index is -0.412. The molecular weight excluding hydrogens is 324 g/mol. The maximum absolute atomic E-state index is 12.4. The van der Waals surface area contributed by atoms with E-state index in [1.54, 1.807) is 7.11 Å². The van der Waals surface area contributed by atoms with E-state index in [1.165, 1.54) is 10.9 Å². The van der Waals surface area contributed by atoms with Crippen molar-refractivity contribution < 1.29 is 9.53 Å². The second kappa shape index (κ2) is 7.24. The van der Waals surface area contributed by atoms with E-state index in [0.29, 0.717) is 6.54 Å². The van der Waals surface area contributed by atoms with Crippen molar-refractivity contribution in [3.05, 3.63) is 65.9 Å². The predicted octanol–water partition coefficient (Wildman–Crippen LogP) is 4.47. The predicted molar refractivity (Wildman–Crippen MR) is 106 cm³/mol. The van der Waals surface area contributed by atoms with Gasteiger partial charge < -0.3 is 15.0 Å². The summed E-state index contributed by atoms with van der Waals surface area (Å²) < 4.78 is 5.28. The van der Waals surface area contributed by atoms with Gasteiger partial charge in [0, 0.05) is 35.0 Å². The third-order valence-electron chi connectivity index (χ3n) is 4.66. The van der Waals surface area contributed by atoms with Crippen LogP contribution in [0, 0.1) is 5.41 Å². The fraction of sp³-hybridized carbons (Fsp3) is 0.318. The molecule has 3 aromatic rings. The zero-order chi connectivity index (χ0) is 18.7. The number of carbonyl (C=O) groups excluding carboxylic acids is 1. The molecule has 3 rings (SSSR count). The average Bonchev–Trinajstić information content (AvgIpc) is 3.05. The molecule has 0 aliphatic rings. The summed E-state index contributed by atoms with van der Waals surface area (Å²) in [6, 6.07) is 16.3. The van der Waals surface area contributed by atoms with Crippen LogP contribution >= 0.6 is 0 Å². The van der Waals surface area contributed by atoms with Gasteiger partial charge in [-0.15, -0.1) is 0 Å². The Morgan fingerprint density at radius 1 is 1.12 bits per heavy atom. The lowest BCUT2D eigenvalue weighted by atomic mass is 9.89. The number of hydrogen-bond donors (Lipinski definition) is 2. The van der Waals surface area contributed by atoms with E-state index in [1.807, 2.05) is 51.2 Å². The normalized spacial score (nSPS) is 12.8. The van der Waals surface area contributed by atoms with E-state index in [0.717, 1.165) is 16.8 Å². The highest BCUT2D eigenvalue weighted by atomic mass is 16.5. The van der Waals surface area contributed by atoms with E-state index in [9.17, 15) is 4.79 Å². The average molecular weight is 350 g/mol. The summed E-state index contributed by atoms with van der Waals surface area (Å²) in [5.41, 5.74) is 3.01. The van der Waals surface area contributed by atoms with E-state index in [2.05, 4.69) is 34.6 Å². The van der Waals surface area contributed by atoms with E-state index in [-0.39, 0.29) is 11.8 Å². The molecule has 0 aliphatic carbocycles. The second-order valence-electron chi connectivity index (χ2n) is 7.58. The summed E-state index contributed by atoms with van der Waals surface area (Å²) in [5, 5.41) is 4.30. The maximum Gasteiger partial charge on any atom is 0.225 e. The standard InChI is InChI=1S/C22H26N2O2/c1-22(2,3)21(25)24-13-18(15-9-11-16(26-4)12-10-15)19-14-23-20-8-6-5-7-17(19)20/h5-12,14,18,23H,13H2,1-4H3,(H,24,25)/t18-/m0/s1. The summed E-state index contributed by atoms with van der Waals surface area (Å²) >= 11 is 0. The quantitative estimate of drug-likeness (QED) is 0.713. The van der Waals surface area contributed by atoms with Gasteiger partial charge in [-0.2, -0.15) is 0 Å². The summed E-state index contributed by atoms with van der Waals surface area (Å²) in [5.74, 6) is 0.935. The summed E-state index contributed by atoms with van der Waals surface area (Å²) in [4.78, 5) is 15.7. The van der Waals surface area contributed by atoms with Crippen molar-refractivity contribution in [2.24, 2.45) is 5.41 Å². The van der Waals surface area contributed by atoms with Crippen LogP contribution in [0.3, 0.4) is 0 Å². The summed E-state index contributed by atoms with van der Waals surface area (Å²) in [6.07, 6.45) is 2.04. The summed E-state index contributed by atoms with van der Waals surface area (Å²) in [7, 11) is 1.66. The molecular formula is C22H26N2O2. The van der Waals surface area contributed by atoms with Crippen molar-refractivity contribution in [3.63, 3.8) is 0 Å². The highest BCUT2D eigenvalue weighted by molar-refractivity contribution is 5.85. The largest absolute Gasteiger partial charge is 0.497 e. The lowest BCUT2D eigenvalue weighted by Gasteiger charge is -2.22. The highest BCUT2D eigenvalue weighted by Gasteiger charge is 2.24. The van der Waals surface area contributed by atoms with Gasteiger partial charge in [0.2, 0.25) is 5.91 Å². The Hall–Kier alpha value is -2.75. The number of nitrogens with one attached hydrogen (secondary N) is 2. The molecule has 4 nitrogen and oxygen atoms in total. The first-order valence-electron chi connectivity index (χ1n) is 8.88. The first-order chi connectivity index (χ1) is 12.4. The highest BCUT2D eigenvalue weighted by Crippen LogP contribution is 2.31. The number of fused-ring (bicyclic) bond motifs is 1. The number of ether oxygens (including phenoxy) is 1. The van der Waals surface area contributed by atoms with Crippen LogP contribution in [0.1, 0.15) is 37.8 Å². The number of aromatic amines is 1. The Morgan fingerprint density at radius 3 is 2.46 bits per heavy atom. The van der Waals surface area contributed by atoms with E-state index in [4.69, 9.17) is 4.74 Å². The molecule has 1 amide bonds. The molecule has 4 heteroatoms. The van der Waals surface area contributed by atoms with Crippen LogP contribution in [0.2, 0.25) is 0 Å². The molecule has 2 aromatic carbocycles. The number of rotatable bonds is 5.